The Kier molecular flexibility index (Phi) is 7.39. The van der Waals surface area contributed by atoms with Gasteiger partial charge in [0, 0.05) is 45.3 Å². The van der Waals surface area contributed by atoms with E-state index >= 15 is 0 Å². The zero-order valence-corrected chi connectivity index (χ0v) is 19.6. The van der Waals surface area contributed by atoms with E-state index in [1.54, 1.807) is 14.2 Å². The Morgan fingerprint density at radius 3 is 2.29 bits per heavy atom. The molecular weight excluding hydrogens is 390 g/mol. The van der Waals surface area contributed by atoms with Gasteiger partial charge in [0.1, 0.15) is 0 Å². The Bertz CT molecular complexity index is 759. The van der Waals surface area contributed by atoms with E-state index in [1.807, 2.05) is 0 Å². The van der Waals surface area contributed by atoms with Crippen molar-refractivity contribution in [2.75, 3.05) is 53.5 Å². The van der Waals surface area contributed by atoms with E-state index in [0.717, 1.165) is 56.7 Å². The van der Waals surface area contributed by atoms with Crippen molar-refractivity contribution < 1.29 is 14.3 Å². The molecule has 0 radical (unpaired) electrons. The van der Waals surface area contributed by atoms with Crippen molar-refractivity contribution in [3.8, 4) is 11.5 Å². The average molecular weight is 430 g/mol. The number of piperazine rings is 1. The highest BCUT2D eigenvalue weighted by molar-refractivity contribution is 5.78. The molecule has 0 aromatic heterocycles. The number of hydrogen-bond donors (Lipinski definition) is 0. The molecule has 2 atom stereocenters. The van der Waals surface area contributed by atoms with Crippen molar-refractivity contribution in [1.29, 1.82) is 0 Å². The number of hydrogen-bond acceptors (Lipinski definition) is 5. The molecule has 0 bridgehead atoms. The van der Waals surface area contributed by atoms with Crippen molar-refractivity contribution in [3.05, 3.63) is 23.3 Å². The molecule has 2 aliphatic heterocycles. The highest BCUT2D eigenvalue weighted by Crippen LogP contribution is 2.35. The SMILES string of the molecule is COc1cc(C)c(CN2CCN(CC(=O)N3CCC[C@@H]4CCCC[C@@H]43)CC2)cc1OC. The fourth-order valence-electron chi connectivity index (χ4n) is 5.76. The molecule has 1 aromatic rings. The van der Waals surface area contributed by atoms with Crippen molar-refractivity contribution in [2.24, 2.45) is 5.92 Å². The van der Waals surface area contributed by atoms with Crippen LogP contribution in [0.3, 0.4) is 0 Å². The second-order valence-electron chi connectivity index (χ2n) is 9.53. The van der Waals surface area contributed by atoms with Gasteiger partial charge in [-0.3, -0.25) is 14.6 Å². The number of carbonyl (C=O) groups excluding carboxylic acids is 1. The Labute approximate surface area is 187 Å². The average Bonchev–Trinajstić information content (AvgIpc) is 2.80. The number of nitrogens with zero attached hydrogens (tertiary/aromatic N) is 3. The van der Waals surface area contributed by atoms with E-state index in [0.29, 0.717) is 18.5 Å². The van der Waals surface area contributed by atoms with Gasteiger partial charge in [-0.25, -0.2) is 0 Å². The molecule has 1 amide bonds. The van der Waals surface area contributed by atoms with Crippen LogP contribution in [0.4, 0.5) is 0 Å². The number of methoxy groups -OCH3 is 2. The van der Waals surface area contributed by atoms with Crippen LogP contribution < -0.4 is 9.47 Å². The lowest BCUT2D eigenvalue weighted by molar-refractivity contribution is -0.139. The summed E-state index contributed by atoms with van der Waals surface area (Å²) < 4.78 is 10.9. The highest BCUT2D eigenvalue weighted by Gasteiger charge is 2.36. The second-order valence-corrected chi connectivity index (χ2v) is 9.53. The van der Waals surface area contributed by atoms with Gasteiger partial charge in [0.15, 0.2) is 11.5 Å². The third-order valence-electron chi connectivity index (χ3n) is 7.62. The minimum Gasteiger partial charge on any atom is -0.493 e. The van der Waals surface area contributed by atoms with Crippen LogP contribution in [0.25, 0.3) is 0 Å². The van der Waals surface area contributed by atoms with Gasteiger partial charge in [0.2, 0.25) is 5.91 Å². The second kappa shape index (κ2) is 10.2. The van der Waals surface area contributed by atoms with Crippen molar-refractivity contribution >= 4 is 5.91 Å². The Morgan fingerprint density at radius 2 is 1.55 bits per heavy atom. The normalized spacial score (nSPS) is 25.2. The summed E-state index contributed by atoms with van der Waals surface area (Å²) in [5, 5.41) is 0. The molecule has 6 nitrogen and oxygen atoms in total. The molecule has 1 aliphatic carbocycles. The number of likely N-dealkylation sites (tertiary alicyclic amines) is 1. The minimum atomic E-state index is 0.362. The molecule has 31 heavy (non-hydrogen) atoms. The standard InChI is InChI=1S/C25H39N3O3/c1-19-15-23(30-2)24(31-3)16-21(19)17-26-11-13-27(14-12-26)18-25(29)28-10-6-8-20-7-4-5-9-22(20)28/h15-16,20,22H,4-14,17-18H2,1-3H3/t20-,22-/m0/s1. The summed E-state index contributed by atoms with van der Waals surface area (Å²) in [4.78, 5) is 20.2. The van der Waals surface area contributed by atoms with Crippen LogP contribution in [0.1, 0.15) is 49.7 Å². The van der Waals surface area contributed by atoms with Crippen LogP contribution in [0.15, 0.2) is 12.1 Å². The monoisotopic (exact) mass is 429 g/mol. The van der Waals surface area contributed by atoms with Crippen LogP contribution in [-0.4, -0.2) is 80.1 Å². The minimum absolute atomic E-state index is 0.362. The van der Waals surface area contributed by atoms with Crippen LogP contribution in [-0.2, 0) is 11.3 Å². The molecule has 6 heteroatoms. The molecule has 0 N–H and O–H groups in total. The van der Waals surface area contributed by atoms with Gasteiger partial charge in [-0.15, -0.1) is 0 Å². The largest absolute Gasteiger partial charge is 0.493 e. The Morgan fingerprint density at radius 1 is 0.903 bits per heavy atom. The summed E-state index contributed by atoms with van der Waals surface area (Å²) in [6, 6.07) is 4.67. The number of aryl methyl sites for hydroxylation is 1. The fourth-order valence-corrected chi connectivity index (χ4v) is 5.76. The van der Waals surface area contributed by atoms with Crippen molar-refractivity contribution in [2.45, 2.75) is 58.0 Å². The van der Waals surface area contributed by atoms with Gasteiger partial charge in [0.05, 0.1) is 20.8 Å². The zero-order chi connectivity index (χ0) is 21.8. The van der Waals surface area contributed by atoms with Crippen molar-refractivity contribution in [3.63, 3.8) is 0 Å². The molecule has 4 rings (SSSR count). The van der Waals surface area contributed by atoms with Gasteiger partial charge in [0.25, 0.3) is 0 Å². The van der Waals surface area contributed by atoms with E-state index < -0.39 is 0 Å². The maximum absolute atomic E-state index is 13.1. The summed E-state index contributed by atoms with van der Waals surface area (Å²) >= 11 is 0. The van der Waals surface area contributed by atoms with Crippen LogP contribution >= 0.6 is 0 Å². The molecule has 1 aromatic carbocycles. The van der Waals surface area contributed by atoms with E-state index in [4.69, 9.17) is 9.47 Å². The maximum Gasteiger partial charge on any atom is 0.237 e. The third-order valence-corrected chi connectivity index (χ3v) is 7.62. The lowest BCUT2D eigenvalue weighted by Crippen LogP contribution is -2.54. The quantitative estimate of drug-likeness (QED) is 0.694. The number of ether oxygens (including phenoxy) is 2. The molecular formula is C25H39N3O3. The van der Waals surface area contributed by atoms with E-state index in [2.05, 4.69) is 33.8 Å². The summed E-state index contributed by atoms with van der Waals surface area (Å²) in [5.41, 5.74) is 2.50. The number of benzene rings is 1. The Hall–Kier alpha value is -1.79. The fraction of sp³-hybridized carbons (Fsp3) is 0.720. The van der Waals surface area contributed by atoms with Gasteiger partial charge in [-0.1, -0.05) is 12.8 Å². The first-order valence-corrected chi connectivity index (χ1v) is 12.0. The summed E-state index contributed by atoms with van der Waals surface area (Å²) in [5.74, 6) is 2.69. The predicted octanol–water partition coefficient (Wildman–Crippen LogP) is 3.31. The first-order chi connectivity index (χ1) is 15.1. The molecule has 1 saturated carbocycles. The number of carbonyl (C=O) groups is 1. The summed E-state index contributed by atoms with van der Waals surface area (Å²) in [7, 11) is 3.36. The summed E-state index contributed by atoms with van der Waals surface area (Å²) in [6.07, 6.45) is 7.69. The first-order valence-electron chi connectivity index (χ1n) is 12.0. The predicted molar refractivity (Wildman–Crippen MR) is 123 cm³/mol. The van der Waals surface area contributed by atoms with Gasteiger partial charge >= 0.3 is 0 Å². The lowest BCUT2D eigenvalue weighted by Gasteiger charge is -2.45. The van der Waals surface area contributed by atoms with Crippen LogP contribution in [0.2, 0.25) is 0 Å². The van der Waals surface area contributed by atoms with Gasteiger partial charge in [-0.2, -0.15) is 0 Å². The number of rotatable bonds is 6. The number of amides is 1. The molecule has 3 aliphatic rings. The van der Waals surface area contributed by atoms with Gasteiger partial charge < -0.3 is 14.4 Å². The highest BCUT2D eigenvalue weighted by atomic mass is 16.5. The van der Waals surface area contributed by atoms with Crippen LogP contribution in [0, 0.1) is 12.8 Å². The molecule has 172 valence electrons. The lowest BCUT2D eigenvalue weighted by atomic mass is 9.78. The molecule has 0 spiro atoms. The van der Waals surface area contributed by atoms with Crippen molar-refractivity contribution in [1.82, 2.24) is 14.7 Å². The zero-order valence-electron chi connectivity index (χ0n) is 19.6. The molecule has 0 unspecified atom stereocenters. The van der Waals surface area contributed by atoms with Crippen LogP contribution in [0.5, 0.6) is 11.5 Å². The van der Waals surface area contributed by atoms with E-state index in [-0.39, 0.29) is 0 Å². The molecule has 3 fully saturated rings. The van der Waals surface area contributed by atoms with E-state index in [9.17, 15) is 4.79 Å². The summed E-state index contributed by atoms with van der Waals surface area (Å²) in [6.45, 7) is 8.50. The molecule has 2 saturated heterocycles. The number of fused-ring (bicyclic) bond motifs is 1. The maximum atomic E-state index is 13.1. The number of piperidine rings is 1. The smallest absolute Gasteiger partial charge is 0.237 e. The Balaban J connectivity index is 1.28. The molecule has 2 heterocycles. The van der Waals surface area contributed by atoms with E-state index in [1.165, 1.54) is 49.7 Å². The first kappa shape index (κ1) is 22.4. The third kappa shape index (κ3) is 5.17. The van der Waals surface area contributed by atoms with Gasteiger partial charge in [-0.05, 0) is 61.8 Å². The topological polar surface area (TPSA) is 45.2 Å².